The molecule has 0 bridgehead atoms. The standard InChI is InChI=1S/C23H23NO5/c1-2-13-28-22(26)21-20(25)11-12-24(21)23(27)29-14-19-17-9-5-3-7-15(17)16-8-4-6-10-18(16)19/h2-10,19-21,25H,1,11-14H2/t20-,21-/m0/s1. The van der Waals surface area contributed by atoms with Crippen LogP contribution in [0.4, 0.5) is 4.79 Å². The minimum Gasteiger partial charge on any atom is -0.460 e. The highest BCUT2D eigenvalue weighted by Crippen LogP contribution is 2.44. The van der Waals surface area contributed by atoms with E-state index in [-0.39, 0.29) is 25.7 Å². The van der Waals surface area contributed by atoms with E-state index in [0.29, 0.717) is 6.42 Å². The van der Waals surface area contributed by atoms with Crippen LogP contribution < -0.4 is 0 Å². The van der Waals surface area contributed by atoms with Crippen LogP contribution in [0.25, 0.3) is 11.1 Å². The van der Waals surface area contributed by atoms with E-state index in [1.54, 1.807) is 0 Å². The monoisotopic (exact) mass is 393 g/mol. The molecule has 2 aliphatic rings. The summed E-state index contributed by atoms with van der Waals surface area (Å²) in [4.78, 5) is 26.2. The van der Waals surface area contributed by atoms with Gasteiger partial charge in [0.25, 0.3) is 0 Å². The van der Waals surface area contributed by atoms with E-state index < -0.39 is 24.2 Å². The molecule has 1 saturated heterocycles. The largest absolute Gasteiger partial charge is 0.460 e. The molecule has 2 aromatic carbocycles. The SMILES string of the molecule is C=CCOC(=O)[C@@H]1[C@@H](O)CCN1C(=O)OCC1c2ccccc2-c2ccccc21. The molecule has 1 aliphatic carbocycles. The van der Waals surface area contributed by atoms with Gasteiger partial charge in [-0.2, -0.15) is 0 Å². The van der Waals surface area contributed by atoms with E-state index >= 15 is 0 Å². The number of nitrogens with zero attached hydrogens (tertiary/aromatic N) is 1. The summed E-state index contributed by atoms with van der Waals surface area (Å²) >= 11 is 0. The van der Waals surface area contributed by atoms with Crippen molar-refractivity contribution in [2.75, 3.05) is 19.8 Å². The average Bonchev–Trinajstić information content (AvgIpc) is 3.28. The number of likely N-dealkylation sites (tertiary alicyclic amines) is 1. The molecule has 0 aromatic heterocycles. The van der Waals surface area contributed by atoms with Gasteiger partial charge in [-0.25, -0.2) is 9.59 Å². The first-order valence-electron chi connectivity index (χ1n) is 9.69. The summed E-state index contributed by atoms with van der Waals surface area (Å²) in [7, 11) is 0. The fraction of sp³-hybridized carbons (Fsp3) is 0.304. The molecule has 1 fully saturated rings. The molecule has 2 atom stereocenters. The van der Waals surface area contributed by atoms with Gasteiger partial charge < -0.3 is 14.6 Å². The van der Waals surface area contributed by atoms with Crippen molar-refractivity contribution in [1.29, 1.82) is 0 Å². The number of ether oxygens (including phenoxy) is 2. The highest BCUT2D eigenvalue weighted by atomic mass is 16.6. The van der Waals surface area contributed by atoms with Gasteiger partial charge in [0.2, 0.25) is 0 Å². The average molecular weight is 393 g/mol. The van der Waals surface area contributed by atoms with Crippen molar-refractivity contribution in [3.8, 4) is 11.1 Å². The second-order valence-corrected chi connectivity index (χ2v) is 7.22. The van der Waals surface area contributed by atoms with Gasteiger partial charge in [0.05, 0.1) is 6.10 Å². The summed E-state index contributed by atoms with van der Waals surface area (Å²) < 4.78 is 10.6. The Morgan fingerprint density at radius 3 is 2.31 bits per heavy atom. The third kappa shape index (κ3) is 3.51. The van der Waals surface area contributed by atoms with Crippen molar-refractivity contribution in [1.82, 2.24) is 4.90 Å². The molecule has 4 rings (SSSR count). The predicted octanol–water partition coefficient (Wildman–Crippen LogP) is 3.10. The number of benzene rings is 2. The van der Waals surface area contributed by atoms with Crippen LogP contribution in [-0.4, -0.2) is 54.0 Å². The number of esters is 1. The summed E-state index contributed by atoms with van der Waals surface area (Å²) in [6.07, 6.45) is 0.159. The lowest BCUT2D eigenvalue weighted by molar-refractivity contribution is -0.150. The lowest BCUT2D eigenvalue weighted by Gasteiger charge is -2.24. The van der Waals surface area contributed by atoms with Gasteiger partial charge in [0.15, 0.2) is 6.04 Å². The lowest BCUT2D eigenvalue weighted by atomic mass is 9.98. The van der Waals surface area contributed by atoms with E-state index in [9.17, 15) is 14.7 Å². The number of carbonyl (C=O) groups is 2. The zero-order valence-electron chi connectivity index (χ0n) is 16.0. The number of rotatable bonds is 5. The Labute approximate surface area is 169 Å². The molecular weight excluding hydrogens is 370 g/mol. The Morgan fingerprint density at radius 2 is 1.69 bits per heavy atom. The van der Waals surface area contributed by atoms with Crippen molar-refractivity contribution in [2.24, 2.45) is 0 Å². The van der Waals surface area contributed by atoms with Crippen LogP contribution in [0.15, 0.2) is 61.2 Å². The summed E-state index contributed by atoms with van der Waals surface area (Å²) in [6.45, 7) is 3.93. The van der Waals surface area contributed by atoms with Crippen LogP contribution >= 0.6 is 0 Å². The highest BCUT2D eigenvalue weighted by molar-refractivity contribution is 5.83. The van der Waals surface area contributed by atoms with Gasteiger partial charge in [-0.1, -0.05) is 61.2 Å². The second-order valence-electron chi connectivity index (χ2n) is 7.22. The van der Waals surface area contributed by atoms with Crippen molar-refractivity contribution in [2.45, 2.75) is 24.5 Å². The molecule has 6 heteroatoms. The minimum atomic E-state index is -1.05. The number of aliphatic hydroxyl groups is 1. The van der Waals surface area contributed by atoms with Gasteiger partial charge in [0.1, 0.15) is 13.2 Å². The van der Waals surface area contributed by atoms with Crippen molar-refractivity contribution < 1.29 is 24.2 Å². The summed E-state index contributed by atoms with van der Waals surface area (Å²) in [5, 5.41) is 10.1. The molecule has 0 spiro atoms. The number of carbonyl (C=O) groups excluding carboxylic acids is 2. The van der Waals surface area contributed by atoms with E-state index in [1.165, 1.54) is 11.0 Å². The van der Waals surface area contributed by atoms with Crippen LogP contribution in [0, 0.1) is 0 Å². The topological polar surface area (TPSA) is 76.1 Å². The van der Waals surface area contributed by atoms with Gasteiger partial charge in [-0.05, 0) is 28.7 Å². The van der Waals surface area contributed by atoms with Crippen molar-refractivity contribution in [3.05, 3.63) is 72.3 Å². The Hall–Kier alpha value is -3.12. The summed E-state index contributed by atoms with van der Waals surface area (Å²) in [5.41, 5.74) is 4.52. The molecule has 1 N–H and O–H groups in total. The third-order valence-corrected chi connectivity index (χ3v) is 5.52. The number of hydrogen-bond donors (Lipinski definition) is 1. The number of amides is 1. The maximum absolute atomic E-state index is 12.7. The van der Waals surface area contributed by atoms with Gasteiger partial charge in [-0.15, -0.1) is 0 Å². The van der Waals surface area contributed by atoms with Crippen LogP contribution in [0.5, 0.6) is 0 Å². The normalized spacial score (nSPS) is 20.1. The Morgan fingerprint density at radius 1 is 1.07 bits per heavy atom. The molecule has 1 aliphatic heterocycles. The van der Waals surface area contributed by atoms with Crippen molar-refractivity contribution in [3.63, 3.8) is 0 Å². The molecule has 0 unspecified atom stereocenters. The number of hydrogen-bond acceptors (Lipinski definition) is 5. The molecule has 0 radical (unpaired) electrons. The second kappa shape index (κ2) is 8.09. The van der Waals surface area contributed by atoms with Crippen LogP contribution in [0.1, 0.15) is 23.5 Å². The maximum Gasteiger partial charge on any atom is 0.410 e. The Kier molecular flexibility index (Phi) is 5.36. The van der Waals surface area contributed by atoms with Gasteiger partial charge in [0, 0.05) is 12.5 Å². The number of aliphatic hydroxyl groups excluding tert-OH is 1. The Bertz CT molecular complexity index is 895. The summed E-state index contributed by atoms with van der Waals surface area (Å²) in [5.74, 6) is -0.714. The van der Waals surface area contributed by atoms with E-state index in [0.717, 1.165) is 22.3 Å². The molecule has 6 nitrogen and oxygen atoms in total. The smallest absolute Gasteiger partial charge is 0.410 e. The number of fused-ring (bicyclic) bond motifs is 3. The third-order valence-electron chi connectivity index (χ3n) is 5.52. The molecule has 1 amide bonds. The van der Waals surface area contributed by atoms with Crippen LogP contribution in [0.2, 0.25) is 0 Å². The summed E-state index contributed by atoms with van der Waals surface area (Å²) in [6, 6.07) is 15.1. The first-order valence-corrected chi connectivity index (χ1v) is 9.69. The fourth-order valence-electron chi connectivity index (χ4n) is 4.17. The zero-order valence-corrected chi connectivity index (χ0v) is 16.0. The molecule has 29 heavy (non-hydrogen) atoms. The van der Waals surface area contributed by atoms with Crippen molar-refractivity contribution >= 4 is 12.1 Å². The fourth-order valence-corrected chi connectivity index (χ4v) is 4.17. The highest BCUT2D eigenvalue weighted by Gasteiger charge is 2.43. The van der Waals surface area contributed by atoms with Crippen LogP contribution in [-0.2, 0) is 14.3 Å². The minimum absolute atomic E-state index is 0.0284. The van der Waals surface area contributed by atoms with E-state index in [4.69, 9.17) is 9.47 Å². The van der Waals surface area contributed by atoms with Crippen LogP contribution in [0.3, 0.4) is 0 Å². The first kappa shape index (κ1) is 19.2. The zero-order chi connectivity index (χ0) is 20.4. The predicted molar refractivity (Wildman–Crippen MR) is 107 cm³/mol. The quantitative estimate of drug-likeness (QED) is 0.624. The molecule has 2 aromatic rings. The first-order chi connectivity index (χ1) is 14.1. The molecule has 0 saturated carbocycles. The van der Waals surface area contributed by atoms with Gasteiger partial charge >= 0.3 is 12.1 Å². The maximum atomic E-state index is 12.7. The molecule has 150 valence electrons. The molecular formula is C23H23NO5. The lowest BCUT2D eigenvalue weighted by Crippen LogP contribution is -2.46. The van der Waals surface area contributed by atoms with Gasteiger partial charge in [-0.3, -0.25) is 4.90 Å². The Balaban J connectivity index is 1.48. The van der Waals surface area contributed by atoms with E-state index in [1.807, 2.05) is 36.4 Å². The van der Waals surface area contributed by atoms with E-state index in [2.05, 4.69) is 18.7 Å². The molecule has 1 heterocycles.